The predicted molar refractivity (Wildman–Crippen MR) is 42.8 cm³/mol. The Balaban J connectivity index is 3.93. The summed E-state index contributed by atoms with van der Waals surface area (Å²) in [7, 11) is 0. The van der Waals surface area contributed by atoms with Crippen molar-refractivity contribution in [1.29, 1.82) is 0 Å². The van der Waals surface area contributed by atoms with E-state index in [-0.39, 0.29) is 5.97 Å². The van der Waals surface area contributed by atoms with Crippen LogP contribution in [0.1, 0.15) is 6.92 Å². The molecule has 0 bridgehead atoms. The van der Waals surface area contributed by atoms with Crippen LogP contribution in [-0.4, -0.2) is 25.7 Å². The van der Waals surface area contributed by atoms with Crippen LogP contribution in [0.5, 0.6) is 0 Å². The van der Waals surface area contributed by atoms with E-state index < -0.39 is 0 Å². The molecule has 0 aliphatic carbocycles. The van der Waals surface area contributed by atoms with Crippen LogP contribution < -0.4 is 11.5 Å². The Kier molecular flexibility index (Phi) is 5.42. The highest BCUT2D eigenvalue weighted by molar-refractivity contribution is 5.82. The van der Waals surface area contributed by atoms with Crippen LogP contribution in [0.2, 0.25) is 0 Å². The molecular formula is C7H14N2O2. The van der Waals surface area contributed by atoms with Crippen LogP contribution in [0.25, 0.3) is 0 Å². The maximum atomic E-state index is 10.8. The zero-order valence-electron chi connectivity index (χ0n) is 6.67. The molecule has 0 unspecified atom stereocenters. The summed E-state index contributed by atoms with van der Waals surface area (Å²) in [5.74, 6) is -0.376. The van der Waals surface area contributed by atoms with Crippen molar-refractivity contribution >= 4 is 5.97 Å². The Hall–Kier alpha value is -0.870. The number of carbonyl (C=O) groups excluding carboxylic acids is 1. The van der Waals surface area contributed by atoms with Gasteiger partial charge in [-0.2, -0.15) is 0 Å². The SMILES string of the molecule is CCOC(=O)C=C(CN)CN. The zero-order valence-corrected chi connectivity index (χ0v) is 6.67. The molecule has 0 aliphatic heterocycles. The highest BCUT2D eigenvalue weighted by Crippen LogP contribution is 1.89. The molecular weight excluding hydrogens is 144 g/mol. The van der Waals surface area contributed by atoms with E-state index in [0.717, 1.165) is 0 Å². The number of nitrogens with two attached hydrogens (primary N) is 2. The molecule has 64 valence electrons. The van der Waals surface area contributed by atoms with Crippen molar-refractivity contribution in [2.24, 2.45) is 11.5 Å². The number of rotatable bonds is 4. The maximum Gasteiger partial charge on any atom is 0.330 e. The number of esters is 1. The zero-order chi connectivity index (χ0) is 8.69. The third-order valence-electron chi connectivity index (χ3n) is 1.13. The molecule has 4 heteroatoms. The van der Waals surface area contributed by atoms with Gasteiger partial charge in [0.15, 0.2) is 0 Å². The van der Waals surface area contributed by atoms with E-state index in [9.17, 15) is 4.79 Å². The third-order valence-corrected chi connectivity index (χ3v) is 1.13. The summed E-state index contributed by atoms with van der Waals surface area (Å²) in [5.41, 5.74) is 11.2. The summed E-state index contributed by atoms with van der Waals surface area (Å²) >= 11 is 0. The summed E-state index contributed by atoms with van der Waals surface area (Å²) < 4.78 is 4.65. The van der Waals surface area contributed by atoms with Crippen molar-refractivity contribution in [3.63, 3.8) is 0 Å². The first-order chi connectivity index (χ1) is 5.24. The van der Waals surface area contributed by atoms with E-state index in [1.807, 2.05) is 0 Å². The van der Waals surface area contributed by atoms with Crippen molar-refractivity contribution in [2.75, 3.05) is 19.7 Å². The molecule has 0 rings (SSSR count). The first-order valence-corrected chi connectivity index (χ1v) is 3.50. The van der Waals surface area contributed by atoms with Crippen LogP contribution in [-0.2, 0) is 9.53 Å². The molecule has 0 radical (unpaired) electrons. The molecule has 0 heterocycles. The monoisotopic (exact) mass is 158 g/mol. The minimum absolute atomic E-state index is 0.301. The molecule has 0 aliphatic rings. The van der Waals surface area contributed by atoms with E-state index in [4.69, 9.17) is 11.5 Å². The Morgan fingerprint density at radius 1 is 1.45 bits per heavy atom. The van der Waals surface area contributed by atoms with Gasteiger partial charge in [-0.15, -0.1) is 0 Å². The first-order valence-electron chi connectivity index (χ1n) is 3.50. The topological polar surface area (TPSA) is 78.3 Å². The first kappa shape index (κ1) is 10.1. The van der Waals surface area contributed by atoms with Crippen molar-refractivity contribution in [1.82, 2.24) is 0 Å². The van der Waals surface area contributed by atoms with Gasteiger partial charge < -0.3 is 16.2 Å². The van der Waals surface area contributed by atoms with Crippen LogP contribution in [0.4, 0.5) is 0 Å². The number of hydrogen-bond acceptors (Lipinski definition) is 4. The molecule has 4 N–H and O–H groups in total. The summed E-state index contributed by atoms with van der Waals surface area (Å²) in [4.78, 5) is 10.8. The molecule has 0 spiro atoms. The third kappa shape index (κ3) is 4.52. The molecule has 0 aromatic carbocycles. The highest BCUT2D eigenvalue weighted by Gasteiger charge is 1.97. The molecule has 0 fully saturated rings. The fourth-order valence-electron chi connectivity index (χ4n) is 0.552. The summed E-state index contributed by atoms with van der Waals surface area (Å²) in [6.45, 7) is 2.72. The molecule has 11 heavy (non-hydrogen) atoms. The van der Waals surface area contributed by atoms with Crippen LogP contribution in [0, 0.1) is 0 Å². The van der Waals surface area contributed by atoms with Gasteiger partial charge >= 0.3 is 5.97 Å². The molecule has 0 saturated carbocycles. The normalized spacial score (nSPS) is 9.00. The minimum atomic E-state index is -0.376. The Morgan fingerprint density at radius 2 is 2.00 bits per heavy atom. The van der Waals surface area contributed by atoms with Crippen molar-refractivity contribution in [3.8, 4) is 0 Å². The van der Waals surface area contributed by atoms with E-state index in [2.05, 4.69) is 4.74 Å². The second-order valence-corrected chi connectivity index (χ2v) is 1.96. The van der Waals surface area contributed by atoms with E-state index in [1.165, 1.54) is 6.08 Å². The highest BCUT2D eigenvalue weighted by atomic mass is 16.5. The standard InChI is InChI=1S/C7H14N2O2/c1-2-11-7(10)3-6(4-8)5-9/h3H,2,4-5,8-9H2,1H3. The second-order valence-electron chi connectivity index (χ2n) is 1.96. The average Bonchev–Trinajstić information content (AvgIpc) is 2.01. The van der Waals surface area contributed by atoms with Gasteiger partial charge in [0, 0.05) is 19.2 Å². The van der Waals surface area contributed by atoms with Crippen LogP contribution >= 0.6 is 0 Å². The lowest BCUT2D eigenvalue weighted by atomic mass is 10.2. The number of hydrogen-bond donors (Lipinski definition) is 2. The summed E-state index contributed by atoms with van der Waals surface area (Å²) in [5, 5.41) is 0. The van der Waals surface area contributed by atoms with Gasteiger partial charge in [0.05, 0.1) is 6.61 Å². The average molecular weight is 158 g/mol. The van der Waals surface area contributed by atoms with E-state index in [1.54, 1.807) is 6.92 Å². The fraction of sp³-hybridized carbons (Fsp3) is 0.571. The minimum Gasteiger partial charge on any atom is -0.463 e. The summed E-state index contributed by atoms with van der Waals surface area (Å²) in [6.07, 6.45) is 1.34. The van der Waals surface area contributed by atoms with Crippen LogP contribution in [0.15, 0.2) is 11.6 Å². The molecule has 0 amide bonds. The van der Waals surface area contributed by atoms with Gasteiger partial charge in [-0.3, -0.25) is 0 Å². The number of ether oxygens (including phenoxy) is 1. The van der Waals surface area contributed by atoms with Gasteiger partial charge in [-0.25, -0.2) is 4.79 Å². The van der Waals surface area contributed by atoms with Crippen molar-refractivity contribution in [2.45, 2.75) is 6.92 Å². The van der Waals surface area contributed by atoms with Gasteiger partial charge in [0.1, 0.15) is 0 Å². The van der Waals surface area contributed by atoms with Gasteiger partial charge in [0.2, 0.25) is 0 Å². The maximum absolute atomic E-state index is 10.8. The fourth-order valence-corrected chi connectivity index (χ4v) is 0.552. The lowest BCUT2D eigenvalue weighted by Gasteiger charge is -1.99. The predicted octanol–water partition coefficient (Wildman–Crippen LogP) is -0.607. The second kappa shape index (κ2) is 5.88. The van der Waals surface area contributed by atoms with Crippen LogP contribution in [0.3, 0.4) is 0 Å². The molecule has 0 aromatic heterocycles. The quantitative estimate of drug-likeness (QED) is 0.422. The molecule has 0 saturated heterocycles. The van der Waals surface area contributed by atoms with Gasteiger partial charge in [-0.05, 0) is 12.5 Å². The number of carbonyl (C=O) groups is 1. The lowest BCUT2D eigenvalue weighted by molar-refractivity contribution is -0.137. The Bertz CT molecular complexity index is 149. The Morgan fingerprint density at radius 3 is 2.36 bits per heavy atom. The smallest absolute Gasteiger partial charge is 0.330 e. The lowest BCUT2D eigenvalue weighted by Crippen LogP contribution is -2.15. The summed E-state index contributed by atoms with van der Waals surface area (Å²) in [6, 6.07) is 0. The van der Waals surface area contributed by atoms with Gasteiger partial charge in [-0.1, -0.05) is 0 Å². The Labute approximate surface area is 66.2 Å². The van der Waals surface area contributed by atoms with Crippen molar-refractivity contribution in [3.05, 3.63) is 11.6 Å². The van der Waals surface area contributed by atoms with E-state index >= 15 is 0 Å². The largest absolute Gasteiger partial charge is 0.463 e. The van der Waals surface area contributed by atoms with Gasteiger partial charge in [0.25, 0.3) is 0 Å². The molecule has 4 nitrogen and oxygen atoms in total. The van der Waals surface area contributed by atoms with E-state index in [0.29, 0.717) is 25.3 Å². The van der Waals surface area contributed by atoms with Crippen molar-refractivity contribution < 1.29 is 9.53 Å². The molecule has 0 aromatic rings. The molecule has 0 atom stereocenters.